The lowest BCUT2D eigenvalue weighted by Crippen LogP contribution is -2.28. The van der Waals surface area contributed by atoms with Crippen LogP contribution in [0.15, 0.2) is 12.4 Å². The Labute approximate surface area is 147 Å². The van der Waals surface area contributed by atoms with Crippen LogP contribution in [-0.4, -0.2) is 38.3 Å². The average Bonchev–Trinajstić information content (AvgIpc) is 2.85. The first kappa shape index (κ1) is 17.8. The Kier molecular flexibility index (Phi) is 4.81. The Morgan fingerprint density at radius 3 is 2.64 bits per heavy atom. The van der Waals surface area contributed by atoms with Gasteiger partial charge in [0.25, 0.3) is 0 Å². The van der Waals surface area contributed by atoms with Crippen LogP contribution in [-0.2, 0) is 6.18 Å². The second-order valence-electron chi connectivity index (χ2n) is 5.92. The molecule has 1 saturated carbocycles. The van der Waals surface area contributed by atoms with Crippen molar-refractivity contribution in [1.82, 2.24) is 19.7 Å². The minimum absolute atomic E-state index is 0.0931. The van der Waals surface area contributed by atoms with E-state index in [1.807, 2.05) is 29.6 Å². The highest BCUT2D eigenvalue weighted by Gasteiger charge is 2.35. The van der Waals surface area contributed by atoms with Crippen molar-refractivity contribution in [3.05, 3.63) is 23.7 Å². The normalized spacial score (nSPS) is 20.2. The summed E-state index contributed by atoms with van der Waals surface area (Å²) in [5, 5.41) is 10.6. The maximum atomic E-state index is 12.9. The van der Waals surface area contributed by atoms with Crippen LogP contribution in [0, 0.1) is 6.92 Å². The predicted octanol–water partition coefficient (Wildman–Crippen LogP) is 3.85. The number of alkyl halides is 3. The molecule has 2 N–H and O–H groups in total. The largest absolute Gasteiger partial charge is 0.421 e. The maximum absolute atomic E-state index is 12.9. The molecule has 0 radical (unpaired) electrons. The van der Waals surface area contributed by atoms with E-state index in [4.69, 9.17) is 0 Å². The van der Waals surface area contributed by atoms with Crippen molar-refractivity contribution in [3.63, 3.8) is 0 Å². The predicted molar refractivity (Wildman–Crippen MR) is 92.4 cm³/mol. The molecule has 6 nitrogen and oxygen atoms in total. The van der Waals surface area contributed by atoms with E-state index >= 15 is 0 Å². The minimum Gasteiger partial charge on any atom is -0.372 e. The number of thioether (sulfide) groups is 1. The lowest BCUT2D eigenvalue weighted by Gasteiger charge is -2.34. The van der Waals surface area contributed by atoms with Gasteiger partial charge in [0.1, 0.15) is 11.4 Å². The van der Waals surface area contributed by atoms with Gasteiger partial charge in [0.2, 0.25) is 5.95 Å². The van der Waals surface area contributed by atoms with E-state index in [9.17, 15) is 13.2 Å². The molecular weight excluding hydrogens is 353 g/mol. The number of rotatable bonds is 5. The molecule has 2 aromatic rings. The van der Waals surface area contributed by atoms with Crippen molar-refractivity contribution in [2.24, 2.45) is 0 Å². The standard InChI is InChI=1S/C15H19F3N6S/c1-8-12(7-24(23-8)9-4-10(5-9)25-3)21-14-20-6-11(15(16,17)18)13(19-2)22-14/h6-7,9-10H,4-5H2,1-3H3,(H2,19,20,21,22)/t9-,10+. The highest BCUT2D eigenvalue weighted by atomic mass is 32.2. The Balaban J connectivity index is 1.78. The summed E-state index contributed by atoms with van der Waals surface area (Å²) in [7, 11) is 1.39. The number of halogens is 3. The molecule has 136 valence electrons. The van der Waals surface area contributed by atoms with Gasteiger partial charge >= 0.3 is 6.18 Å². The van der Waals surface area contributed by atoms with Gasteiger partial charge in [-0.25, -0.2) is 4.98 Å². The van der Waals surface area contributed by atoms with E-state index in [2.05, 4.69) is 32.0 Å². The van der Waals surface area contributed by atoms with Crippen molar-refractivity contribution in [3.8, 4) is 0 Å². The molecule has 10 heteroatoms. The van der Waals surface area contributed by atoms with Gasteiger partial charge in [-0.3, -0.25) is 4.68 Å². The first-order chi connectivity index (χ1) is 11.8. The van der Waals surface area contributed by atoms with Gasteiger partial charge in [-0.1, -0.05) is 0 Å². The van der Waals surface area contributed by atoms with Gasteiger partial charge < -0.3 is 10.6 Å². The third-order valence-corrected chi connectivity index (χ3v) is 5.32. The molecule has 1 aliphatic rings. The van der Waals surface area contributed by atoms with E-state index in [0.29, 0.717) is 17.0 Å². The van der Waals surface area contributed by atoms with E-state index < -0.39 is 11.7 Å². The summed E-state index contributed by atoms with van der Waals surface area (Å²) in [6, 6.07) is 0.369. The summed E-state index contributed by atoms with van der Waals surface area (Å²) in [5.41, 5.74) is 0.544. The lowest BCUT2D eigenvalue weighted by atomic mass is 9.92. The molecule has 2 heterocycles. The van der Waals surface area contributed by atoms with Crippen molar-refractivity contribution in [1.29, 1.82) is 0 Å². The molecule has 0 amide bonds. The number of nitrogens with one attached hydrogen (secondary N) is 2. The van der Waals surface area contributed by atoms with Gasteiger partial charge in [-0.2, -0.15) is 35.0 Å². The highest BCUT2D eigenvalue weighted by Crippen LogP contribution is 2.39. The quantitative estimate of drug-likeness (QED) is 0.831. The van der Waals surface area contributed by atoms with Gasteiger partial charge in [-0.15, -0.1) is 0 Å². The Morgan fingerprint density at radius 1 is 1.32 bits per heavy atom. The molecule has 0 bridgehead atoms. The zero-order valence-corrected chi connectivity index (χ0v) is 14.9. The molecule has 0 unspecified atom stereocenters. The molecule has 25 heavy (non-hydrogen) atoms. The smallest absolute Gasteiger partial charge is 0.372 e. The fourth-order valence-electron chi connectivity index (χ4n) is 2.70. The van der Waals surface area contributed by atoms with Gasteiger partial charge in [0.15, 0.2) is 0 Å². The fraction of sp³-hybridized carbons (Fsp3) is 0.533. The number of aryl methyl sites for hydroxylation is 1. The Hall–Kier alpha value is -1.97. The van der Waals surface area contributed by atoms with E-state index in [-0.39, 0.29) is 11.8 Å². The van der Waals surface area contributed by atoms with Crippen molar-refractivity contribution >= 4 is 29.2 Å². The number of hydrogen-bond acceptors (Lipinski definition) is 6. The van der Waals surface area contributed by atoms with Crippen LogP contribution in [0.5, 0.6) is 0 Å². The molecule has 0 spiro atoms. The average molecular weight is 372 g/mol. The molecule has 1 fully saturated rings. The Bertz CT molecular complexity index is 754. The zero-order valence-electron chi connectivity index (χ0n) is 14.1. The van der Waals surface area contributed by atoms with Crippen LogP contribution in [0.3, 0.4) is 0 Å². The summed E-state index contributed by atoms with van der Waals surface area (Å²) >= 11 is 1.86. The van der Waals surface area contributed by atoms with Crippen LogP contribution < -0.4 is 10.6 Å². The molecule has 3 rings (SSSR count). The number of hydrogen-bond donors (Lipinski definition) is 2. The molecule has 0 saturated heterocycles. The second-order valence-corrected chi connectivity index (χ2v) is 7.06. The summed E-state index contributed by atoms with van der Waals surface area (Å²) in [4.78, 5) is 7.70. The highest BCUT2D eigenvalue weighted by molar-refractivity contribution is 7.99. The van der Waals surface area contributed by atoms with Gasteiger partial charge in [-0.05, 0) is 26.0 Å². The van der Waals surface area contributed by atoms with Gasteiger partial charge in [0.05, 0.1) is 17.4 Å². The minimum atomic E-state index is -4.50. The summed E-state index contributed by atoms with van der Waals surface area (Å²) < 4.78 is 40.6. The molecule has 0 atom stereocenters. The van der Waals surface area contributed by atoms with E-state index in [0.717, 1.165) is 24.7 Å². The van der Waals surface area contributed by atoms with E-state index in [1.165, 1.54) is 7.05 Å². The lowest BCUT2D eigenvalue weighted by molar-refractivity contribution is -0.137. The van der Waals surface area contributed by atoms with Crippen molar-refractivity contribution in [2.75, 3.05) is 23.9 Å². The molecule has 1 aliphatic carbocycles. The SMILES string of the molecule is CNc1nc(Nc2cn([C@H]3C[C@@H](SC)C3)nc2C)ncc1C(F)(F)F. The first-order valence-electron chi connectivity index (χ1n) is 7.79. The zero-order chi connectivity index (χ0) is 18.2. The van der Waals surface area contributed by atoms with Crippen molar-refractivity contribution in [2.45, 2.75) is 37.2 Å². The van der Waals surface area contributed by atoms with Crippen molar-refractivity contribution < 1.29 is 13.2 Å². The Morgan fingerprint density at radius 2 is 2.04 bits per heavy atom. The van der Waals surface area contributed by atoms with Crippen LogP contribution in [0.1, 0.15) is 30.1 Å². The summed E-state index contributed by atoms with van der Waals surface area (Å²) in [6.45, 7) is 1.84. The maximum Gasteiger partial charge on any atom is 0.421 e. The molecular formula is C15H19F3N6S. The van der Waals surface area contributed by atoms with Gasteiger partial charge in [0, 0.05) is 24.7 Å². The molecule has 0 aromatic carbocycles. The molecule has 0 aliphatic heterocycles. The summed E-state index contributed by atoms with van der Waals surface area (Å²) in [6.07, 6.45) is 2.37. The number of nitrogens with zero attached hydrogens (tertiary/aromatic N) is 4. The third kappa shape index (κ3) is 3.68. The molecule has 2 aromatic heterocycles. The van der Waals surface area contributed by atoms with Crippen LogP contribution in [0.2, 0.25) is 0 Å². The first-order valence-corrected chi connectivity index (χ1v) is 9.08. The van der Waals surface area contributed by atoms with Crippen LogP contribution in [0.4, 0.5) is 30.6 Å². The third-order valence-electron chi connectivity index (χ3n) is 4.27. The number of aromatic nitrogens is 4. The van der Waals surface area contributed by atoms with Crippen LogP contribution >= 0.6 is 11.8 Å². The fourth-order valence-corrected chi connectivity index (χ4v) is 3.53. The number of anilines is 3. The second kappa shape index (κ2) is 6.74. The van der Waals surface area contributed by atoms with E-state index in [1.54, 1.807) is 0 Å². The summed E-state index contributed by atoms with van der Waals surface area (Å²) in [5.74, 6) is -0.174. The monoisotopic (exact) mass is 372 g/mol. The topological polar surface area (TPSA) is 67.7 Å². The van der Waals surface area contributed by atoms with Crippen LogP contribution in [0.25, 0.3) is 0 Å².